The summed E-state index contributed by atoms with van der Waals surface area (Å²) in [5.41, 5.74) is 1.11. The minimum atomic E-state index is -0.303. The van der Waals surface area contributed by atoms with Crippen LogP contribution in [0.4, 0.5) is 5.82 Å². The number of hydrogen-bond donors (Lipinski definition) is 0. The summed E-state index contributed by atoms with van der Waals surface area (Å²) in [7, 11) is 0. The van der Waals surface area contributed by atoms with Crippen LogP contribution in [-0.2, 0) is 16.1 Å². The highest BCUT2D eigenvalue weighted by atomic mass is 32.2. The van der Waals surface area contributed by atoms with E-state index in [0.717, 1.165) is 17.8 Å². The maximum Gasteiger partial charge on any atom is 0.270 e. The molecule has 1 amide bonds. The lowest BCUT2D eigenvalue weighted by atomic mass is 10.0. The number of nitriles is 1. The van der Waals surface area contributed by atoms with Gasteiger partial charge in [0.1, 0.15) is 21.8 Å². The van der Waals surface area contributed by atoms with Gasteiger partial charge in [-0.3, -0.25) is 19.1 Å². The number of anilines is 1. The normalized spacial score (nSPS) is 19.5. The molecule has 2 aliphatic heterocycles. The molecule has 0 bridgehead atoms. The van der Waals surface area contributed by atoms with Crippen molar-refractivity contribution in [3.8, 4) is 6.07 Å². The Bertz CT molecular complexity index is 1000. The van der Waals surface area contributed by atoms with Crippen molar-refractivity contribution in [2.75, 3.05) is 31.2 Å². The van der Waals surface area contributed by atoms with E-state index in [1.54, 1.807) is 22.5 Å². The van der Waals surface area contributed by atoms with E-state index in [2.05, 4.69) is 11.0 Å². The topological polar surface area (TPSA) is 78.6 Å². The van der Waals surface area contributed by atoms with Crippen molar-refractivity contribution in [1.82, 2.24) is 9.47 Å². The van der Waals surface area contributed by atoms with Crippen molar-refractivity contribution < 1.29 is 9.53 Å². The van der Waals surface area contributed by atoms with Crippen molar-refractivity contribution in [2.45, 2.75) is 46.7 Å². The van der Waals surface area contributed by atoms with E-state index in [4.69, 9.17) is 17.0 Å². The molecule has 0 saturated carbocycles. The third-order valence-electron chi connectivity index (χ3n) is 5.60. The zero-order valence-electron chi connectivity index (χ0n) is 17.7. The summed E-state index contributed by atoms with van der Waals surface area (Å²) in [5.74, 6) is 0.607. The second-order valence-electron chi connectivity index (χ2n) is 7.31. The van der Waals surface area contributed by atoms with Gasteiger partial charge in [0.25, 0.3) is 11.5 Å². The largest absolute Gasteiger partial charge is 0.378 e. The van der Waals surface area contributed by atoms with Crippen molar-refractivity contribution in [2.24, 2.45) is 0 Å². The lowest BCUT2D eigenvalue weighted by molar-refractivity contribution is -0.123. The highest BCUT2D eigenvalue weighted by Crippen LogP contribution is 2.37. The second kappa shape index (κ2) is 9.33. The monoisotopic (exact) mass is 446 g/mol. The molecule has 160 valence electrons. The van der Waals surface area contributed by atoms with Crippen molar-refractivity contribution >= 4 is 46.1 Å². The number of carbonyl (C=O) groups excluding carboxylic acids is 1. The standard InChI is InChI=1S/C21H26N4O3S2/c1-5-13(3)25-20(27)17(30-21(25)29)11-15-14(4)16(12-22)19(26)24(6-2)18(15)23-7-9-28-10-8-23/h11,13H,5-10H2,1-4H3. The first-order chi connectivity index (χ1) is 14.3. The Morgan fingerprint density at radius 2 is 1.97 bits per heavy atom. The van der Waals surface area contributed by atoms with Crippen LogP contribution in [-0.4, -0.2) is 52.0 Å². The minimum absolute atomic E-state index is 0.0162. The summed E-state index contributed by atoms with van der Waals surface area (Å²) in [4.78, 5) is 30.3. The fraction of sp³-hybridized carbons (Fsp3) is 0.524. The van der Waals surface area contributed by atoms with Crippen LogP contribution < -0.4 is 10.5 Å². The number of thioether (sulfide) groups is 1. The predicted molar refractivity (Wildman–Crippen MR) is 124 cm³/mol. The van der Waals surface area contributed by atoms with Crippen LogP contribution >= 0.6 is 24.0 Å². The van der Waals surface area contributed by atoms with Crippen LogP contribution in [0.2, 0.25) is 0 Å². The smallest absolute Gasteiger partial charge is 0.270 e. The molecule has 2 saturated heterocycles. The van der Waals surface area contributed by atoms with Gasteiger partial charge in [-0.05, 0) is 38.8 Å². The summed E-state index contributed by atoms with van der Waals surface area (Å²) in [6.45, 7) is 10.5. The molecule has 2 fully saturated rings. The Hall–Kier alpha value is -2.15. The Balaban J connectivity index is 2.22. The van der Waals surface area contributed by atoms with Crippen molar-refractivity contribution in [3.05, 3.63) is 31.9 Å². The molecule has 2 aliphatic rings. The Morgan fingerprint density at radius 1 is 1.30 bits per heavy atom. The van der Waals surface area contributed by atoms with Gasteiger partial charge in [-0.15, -0.1) is 0 Å². The molecular weight excluding hydrogens is 420 g/mol. The Morgan fingerprint density at radius 3 is 2.53 bits per heavy atom. The molecule has 0 radical (unpaired) electrons. The van der Waals surface area contributed by atoms with Gasteiger partial charge in [0, 0.05) is 31.2 Å². The number of ether oxygens (including phenoxy) is 1. The maximum absolute atomic E-state index is 13.1. The van der Waals surface area contributed by atoms with Gasteiger partial charge in [0.15, 0.2) is 0 Å². The molecule has 1 unspecified atom stereocenters. The van der Waals surface area contributed by atoms with Crippen LogP contribution in [0.1, 0.15) is 43.9 Å². The van der Waals surface area contributed by atoms with E-state index >= 15 is 0 Å². The van der Waals surface area contributed by atoms with Crippen molar-refractivity contribution in [1.29, 1.82) is 5.26 Å². The van der Waals surface area contributed by atoms with Gasteiger partial charge in [0.05, 0.1) is 18.1 Å². The third-order valence-corrected chi connectivity index (χ3v) is 6.93. The summed E-state index contributed by atoms with van der Waals surface area (Å²) in [6.07, 6.45) is 2.60. The van der Waals surface area contributed by atoms with Gasteiger partial charge >= 0.3 is 0 Å². The van der Waals surface area contributed by atoms with Crippen molar-refractivity contribution in [3.63, 3.8) is 0 Å². The van der Waals surface area contributed by atoms with Gasteiger partial charge in [0.2, 0.25) is 0 Å². The van der Waals surface area contributed by atoms with E-state index in [0.29, 0.717) is 47.6 Å². The Labute approximate surface area is 186 Å². The first-order valence-electron chi connectivity index (χ1n) is 10.1. The van der Waals surface area contributed by atoms with Crippen LogP contribution in [0.25, 0.3) is 6.08 Å². The van der Waals surface area contributed by atoms with Crippen LogP contribution in [0, 0.1) is 18.3 Å². The number of thiocarbonyl (C=S) groups is 1. The molecule has 1 aromatic rings. The average Bonchev–Trinajstić information content (AvgIpc) is 3.03. The molecule has 1 aromatic heterocycles. The molecule has 9 heteroatoms. The number of hydrogen-bond acceptors (Lipinski definition) is 7. The maximum atomic E-state index is 13.1. The SMILES string of the molecule is CCC(C)N1C(=O)C(=Cc2c(C)c(C#N)c(=O)n(CC)c2N2CCOCC2)SC1=S. The van der Waals surface area contributed by atoms with E-state index in [-0.39, 0.29) is 23.1 Å². The first-order valence-corrected chi connectivity index (χ1v) is 11.3. The highest BCUT2D eigenvalue weighted by Gasteiger charge is 2.35. The Kier molecular flexibility index (Phi) is 7.01. The van der Waals surface area contributed by atoms with E-state index < -0.39 is 0 Å². The third kappa shape index (κ3) is 3.92. The van der Waals surface area contributed by atoms with Gasteiger partial charge in [-0.1, -0.05) is 30.9 Å². The second-order valence-corrected chi connectivity index (χ2v) is 8.98. The zero-order chi connectivity index (χ0) is 22.0. The van der Waals surface area contributed by atoms with E-state index in [1.807, 2.05) is 20.8 Å². The number of aromatic nitrogens is 1. The number of rotatable bonds is 5. The number of carbonyl (C=O) groups is 1. The average molecular weight is 447 g/mol. The number of amides is 1. The summed E-state index contributed by atoms with van der Waals surface area (Å²) < 4.78 is 7.64. The van der Waals surface area contributed by atoms with Crippen LogP contribution in [0.3, 0.4) is 0 Å². The minimum Gasteiger partial charge on any atom is -0.378 e. The molecule has 7 nitrogen and oxygen atoms in total. The summed E-state index contributed by atoms with van der Waals surface area (Å²) >= 11 is 6.73. The molecule has 3 rings (SSSR count). The van der Waals surface area contributed by atoms with Crippen LogP contribution in [0.5, 0.6) is 0 Å². The summed E-state index contributed by atoms with van der Waals surface area (Å²) in [5, 5.41) is 9.63. The molecular formula is C21H26N4O3S2. The number of morpholine rings is 1. The molecule has 0 N–H and O–H groups in total. The molecule has 30 heavy (non-hydrogen) atoms. The lowest BCUT2D eigenvalue weighted by Crippen LogP contribution is -2.41. The molecule has 0 spiro atoms. The first kappa shape index (κ1) is 22.5. The quantitative estimate of drug-likeness (QED) is 0.508. The fourth-order valence-corrected chi connectivity index (χ4v) is 5.17. The van der Waals surface area contributed by atoms with Gasteiger partial charge in [-0.2, -0.15) is 5.26 Å². The highest BCUT2D eigenvalue weighted by molar-refractivity contribution is 8.26. The lowest BCUT2D eigenvalue weighted by Gasteiger charge is -2.33. The zero-order valence-corrected chi connectivity index (χ0v) is 19.4. The van der Waals surface area contributed by atoms with Gasteiger partial charge < -0.3 is 9.64 Å². The molecule has 0 aromatic carbocycles. The number of pyridine rings is 1. The van der Waals surface area contributed by atoms with E-state index in [1.165, 1.54) is 11.8 Å². The predicted octanol–water partition coefficient (Wildman–Crippen LogP) is 2.88. The fourth-order valence-electron chi connectivity index (χ4n) is 3.73. The van der Waals surface area contributed by atoms with E-state index in [9.17, 15) is 14.9 Å². The van der Waals surface area contributed by atoms with Gasteiger partial charge in [-0.25, -0.2) is 0 Å². The summed E-state index contributed by atoms with van der Waals surface area (Å²) in [6, 6.07) is 2.07. The molecule has 0 aliphatic carbocycles. The number of nitrogens with zero attached hydrogens (tertiary/aromatic N) is 4. The molecule has 1 atom stereocenters. The van der Waals surface area contributed by atoms with Crippen LogP contribution in [0.15, 0.2) is 9.70 Å². The molecule has 3 heterocycles.